The Labute approximate surface area is 188 Å². The number of amides is 1. The van der Waals surface area contributed by atoms with Crippen molar-refractivity contribution in [3.05, 3.63) is 38.3 Å². The minimum Gasteiger partial charge on any atom is -0.444 e. The molecule has 0 unspecified atom stereocenters. The molecule has 2 heterocycles. The molecule has 0 radical (unpaired) electrons. The smallest absolute Gasteiger partial charge is 0.407 e. The molecule has 9 heteroatoms. The monoisotopic (exact) mass is 445 g/mol. The Morgan fingerprint density at radius 2 is 1.81 bits per heavy atom. The first-order chi connectivity index (χ1) is 14.9. The zero-order valence-corrected chi connectivity index (χ0v) is 20.2. The van der Waals surface area contributed by atoms with Crippen molar-refractivity contribution >= 4 is 17.3 Å². The highest BCUT2D eigenvalue weighted by Crippen LogP contribution is 2.34. The van der Waals surface area contributed by atoms with E-state index in [0.717, 1.165) is 41.6 Å². The summed E-state index contributed by atoms with van der Waals surface area (Å²) in [7, 11) is 3.11. The molecule has 1 aliphatic rings. The molecule has 9 nitrogen and oxygen atoms in total. The summed E-state index contributed by atoms with van der Waals surface area (Å²) in [6, 6.07) is -0.165. The molecule has 0 bridgehead atoms. The number of nitrogens with zero attached hydrogens (tertiary/aromatic N) is 4. The number of hydrogen-bond acceptors (Lipinski definition) is 5. The number of rotatable bonds is 4. The maximum Gasteiger partial charge on any atom is 0.407 e. The topological polar surface area (TPSA) is 100 Å². The van der Waals surface area contributed by atoms with Gasteiger partial charge in [0.2, 0.25) is 0 Å². The summed E-state index contributed by atoms with van der Waals surface area (Å²) in [5.41, 5.74) is 0.534. The van der Waals surface area contributed by atoms with Gasteiger partial charge >= 0.3 is 11.8 Å². The van der Waals surface area contributed by atoms with Crippen LogP contribution in [0.3, 0.4) is 0 Å². The maximum absolute atomic E-state index is 13.1. The molecule has 2 aromatic rings. The van der Waals surface area contributed by atoms with Gasteiger partial charge in [-0.15, -0.1) is 0 Å². The Bertz CT molecular complexity index is 1160. The first-order valence-electron chi connectivity index (χ1n) is 11.2. The van der Waals surface area contributed by atoms with Gasteiger partial charge in [-0.1, -0.05) is 24.5 Å². The summed E-state index contributed by atoms with van der Waals surface area (Å²) in [6.07, 6.45) is 5.20. The standard InChI is InChI=1S/C23H35N5O4/c1-14(2)12-13-28-17-19(26(6)22(31)27(7)20(17)29)25-18(28)15-10-8-9-11-16(15)24-21(30)32-23(3,4)5/h12,15-16H,8-11,13H2,1-7H3,(H,24,30)/t15-,16-/m1/s1. The van der Waals surface area contributed by atoms with E-state index in [0.29, 0.717) is 17.7 Å². The number of imidazole rings is 1. The average Bonchev–Trinajstić information content (AvgIpc) is 3.07. The van der Waals surface area contributed by atoms with E-state index in [1.807, 2.05) is 45.3 Å². The Balaban J connectivity index is 2.13. The first-order valence-corrected chi connectivity index (χ1v) is 11.2. The van der Waals surface area contributed by atoms with E-state index < -0.39 is 17.4 Å². The highest BCUT2D eigenvalue weighted by molar-refractivity contribution is 5.72. The third-order valence-electron chi connectivity index (χ3n) is 5.86. The normalized spacial score (nSPS) is 19.1. The van der Waals surface area contributed by atoms with Gasteiger partial charge in [-0.3, -0.25) is 13.9 Å². The number of nitrogens with one attached hydrogen (secondary N) is 1. The van der Waals surface area contributed by atoms with Gasteiger partial charge in [0.05, 0.1) is 0 Å². The number of aromatic nitrogens is 4. The van der Waals surface area contributed by atoms with Gasteiger partial charge in [0.25, 0.3) is 5.56 Å². The minimum atomic E-state index is -0.588. The number of aryl methyl sites for hydroxylation is 1. The summed E-state index contributed by atoms with van der Waals surface area (Å²) >= 11 is 0. The summed E-state index contributed by atoms with van der Waals surface area (Å²) < 4.78 is 9.91. The summed E-state index contributed by atoms with van der Waals surface area (Å²) in [6.45, 7) is 9.97. The lowest BCUT2D eigenvalue weighted by atomic mass is 9.84. The third-order valence-corrected chi connectivity index (χ3v) is 5.86. The van der Waals surface area contributed by atoms with Crippen LogP contribution in [0.25, 0.3) is 11.2 Å². The van der Waals surface area contributed by atoms with Crippen molar-refractivity contribution < 1.29 is 9.53 Å². The molecule has 0 aromatic carbocycles. The molecule has 1 fully saturated rings. The minimum absolute atomic E-state index is 0.0889. The first kappa shape index (κ1) is 23.8. The zero-order chi connectivity index (χ0) is 23.8. The van der Waals surface area contributed by atoms with Gasteiger partial charge < -0.3 is 14.6 Å². The van der Waals surface area contributed by atoms with Crippen LogP contribution in [0.4, 0.5) is 4.79 Å². The van der Waals surface area contributed by atoms with Gasteiger partial charge in [-0.2, -0.15) is 0 Å². The SMILES string of the molecule is CC(C)=CCn1c([C@@H]2CCCC[C@H]2NC(=O)OC(C)(C)C)nc2c1c(=O)n(C)c(=O)n2C. The largest absolute Gasteiger partial charge is 0.444 e. The van der Waals surface area contributed by atoms with E-state index in [4.69, 9.17) is 9.72 Å². The lowest BCUT2D eigenvalue weighted by Gasteiger charge is -2.32. The Kier molecular flexibility index (Phi) is 6.67. The molecule has 1 aliphatic carbocycles. The van der Waals surface area contributed by atoms with Crippen LogP contribution >= 0.6 is 0 Å². The third kappa shape index (κ3) is 4.81. The van der Waals surface area contributed by atoms with Gasteiger partial charge in [-0.25, -0.2) is 14.6 Å². The fourth-order valence-electron chi connectivity index (χ4n) is 4.28. The number of hydrogen-bond donors (Lipinski definition) is 1. The van der Waals surface area contributed by atoms with Crippen LogP contribution < -0.4 is 16.6 Å². The molecule has 3 rings (SSSR count). The Morgan fingerprint density at radius 1 is 1.16 bits per heavy atom. The van der Waals surface area contributed by atoms with E-state index in [1.165, 1.54) is 11.6 Å². The highest BCUT2D eigenvalue weighted by Gasteiger charge is 2.34. The summed E-state index contributed by atoms with van der Waals surface area (Å²) in [5, 5.41) is 3.03. The Hall–Kier alpha value is -2.84. The average molecular weight is 446 g/mol. The fourth-order valence-corrected chi connectivity index (χ4v) is 4.28. The molecular formula is C23H35N5O4. The quantitative estimate of drug-likeness (QED) is 0.730. The predicted molar refractivity (Wildman–Crippen MR) is 124 cm³/mol. The molecule has 1 saturated carbocycles. The van der Waals surface area contributed by atoms with Crippen LogP contribution in [0.1, 0.15) is 72.0 Å². The van der Waals surface area contributed by atoms with Crippen molar-refractivity contribution in [1.82, 2.24) is 24.0 Å². The second kappa shape index (κ2) is 8.96. The molecule has 1 N–H and O–H groups in total. The molecule has 32 heavy (non-hydrogen) atoms. The highest BCUT2D eigenvalue weighted by atomic mass is 16.6. The number of carbonyl (C=O) groups is 1. The van der Waals surface area contributed by atoms with Crippen molar-refractivity contribution in [2.75, 3.05) is 0 Å². The molecule has 0 saturated heterocycles. The number of alkyl carbamates (subject to hydrolysis) is 1. The van der Waals surface area contributed by atoms with Crippen molar-refractivity contribution in [2.45, 2.75) is 84.4 Å². The molecule has 0 aliphatic heterocycles. The van der Waals surface area contributed by atoms with E-state index in [9.17, 15) is 14.4 Å². The van der Waals surface area contributed by atoms with E-state index in [-0.39, 0.29) is 17.5 Å². The second-order valence-corrected chi connectivity index (χ2v) is 9.88. The van der Waals surface area contributed by atoms with Crippen molar-refractivity contribution in [1.29, 1.82) is 0 Å². The maximum atomic E-state index is 13.1. The molecule has 2 aromatic heterocycles. The van der Waals surface area contributed by atoms with E-state index in [1.54, 1.807) is 7.05 Å². The van der Waals surface area contributed by atoms with Crippen molar-refractivity contribution in [3.8, 4) is 0 Å². The zero-order valence-electron chi connectivity index (χ0n) is 20.2. The number of allylic oxidation sites excluding steroid dienone is 2. The lowest BCUT2D eigenvalue weighted by Crippen LogP contribution is -2.44. The van der Waals surface area contributed by atoms with Crippen molar-refractivity contribution in [3.63, 3.8) is 0 Å². The molecule has 2 atom stereocenters. The van der Waals surface area contributed by atoms with E-state index >= 15 is 0 Å². The molecule has 0 spiro atoms. The summed E-state index contributed by atoms with van der Waals surface area (Å²) in [5.74, 6) is 0.630. The number of fused-ring (bicyclic) bond motifs is 1. The van der Waals surface area contributed by atoms with Crippen LogP contribution in [0, 0.1) is 0 Å². The molecule has 176 valence electrons. The van der Waals surface area contributed by atoms with Crippen LogP contribution in [-0.4, -0.2) is 36.4 Å². The van der Waals surface area contributed by atoms with Gasteiger partial charge in [-0.05, 0) is 47.5 Å². The number of carbonyl (C=O) groups excluding carboxylic acids is 1. The Morgan fingerprint density at radius 3 is 2.44 bits per heavy atom. The van der Waals surface area contributed by atoms with Gasteiger partial charge in [0, 0.05) is 32.6 Å². The predicted octanol–water partition coefficient (Wildman–Crippen LogP) is 2.95. The fraction of sp³-hybridized carbons (Fsp3) is 0.652. The van der Waals surface area contributed by atoms with Crippen LogP contribution in [0.2, 0.25) is 0 Å². The van der Waals surface area contributed by atoms with Crippen molar-refractivity contribution in [2.24, 2.45) is 14.1 Å². The second-order valence-electron chi connectivity index (χ2n) is 9.88. The molecule has 1 amide bonds. The van der Waals surface area contributed by atoms with Gasteiger partial charge in [0.15, 0.2) is 11.2 Å². The van der Waals surface area contributed by atoms with Crippen LogP contribution in [0.5, 0.6) is 0 Å². The van der Waals surface area contributed by atoms with Gasteiger partial charge in [0.1, 0.15) is 11.4 Å². The molecular weight excluding hydrogens is 410 g/mol. The number of ether oxygens (including phenoxy) is 1. The lowest BCUT2D eigenvalue weighted by molar-refractivity contribution is 0.0483. The van der Waals surface area contributed by atoms with Crippen LogP contribution in [-0.2, 0) is 25.4 Å². The van der Waals surface area contributed by atoms with Crippen LogP contribution in [0.15, 0.2) is 21.2 Å². The van der Waals surface area contributed by atoms with E-state index in [2.05, 4.69) is 5.32 Å². The summed E-state index contributed by atoms with van der Waals surface area (Å²) in [4.78, 5) is 42.9.